The van der Waals surface area contributed by atoms with Crippen molar-refractivity contribution in [2.45, 2.75) is 36.2 Å². The molecule has 84 valence electrons. The molecule has 0 aliphatic rings. The summed E-state index contributed by atoms with van der Waals surface area (Å²) in [4.78, 5) is 8.25. The maximum absolute atomic E-state index is 9.04. The summed E-state index contributed by atoms with van der Waals surface area (Å²) in [5, 5.41) is 10.1. The second-order valence-corrected chi connectivity index (χ2v) is 5.38. The molecule has 5 heteroatoms. The zero-order chi connectivity index (χ0) is 11.3. The highest BCUT2D eigenvalue weighted by Crippen LogP contribution is 2.24. The molecule has 1 rings (SSSR count). The van der Waals surface area contributed by atoms with Crippen molar-refractivity contribution in [3.8, 4) is 0 Å². The number of nitrogens with two attached hydrogens (primary N) is 1. The highest BCUT2D eigenvalue weighted by Gasteiger charge is 2.21. The first-order valence-electron chi connectivity index (χ1n) is 4.87. The summed E-state index contributed by atoms with van der Waals surface area (Å²) in [7, 11) is 0. The molecule has 1 aromatic heterocycles. The van der Waals surface area contributed by atoms with Gasteiger partial charge in [0, 0.05) is 23.2 Å². The predicted molar refractivity (Wildman–Crippen MR) is 61.6 cm³/mol. The molecular weight excluding hydrogens is 210 g/mol. The molecule has 1 aromatic rings. The Bertz CT molecular complexity index is 292. The van der Waals surface area contributed by atoms with Gasteiger partial charge < -0.3 is 10.8 Å². The Kier molecular flexibility index (Phi) is 4.50. The molecule has 0 amide bonds. The first kappa shape index (κ1) is 12.4. The van der Waals surface area contributed by atoms with Gasteiger partial charge in [-0.1, -0.05) is 18.7 Å². The van der Waals surface area contributed by atoms with Gasteiger partial charge in [-0.15, -0.1) is 0 Å². The molecule has 15 heavy (non-hydrogen) atoms. The van der Waals surface area contributed by atoms with Crippen molar-refractivity contribution >= 4 is 11.8 Å². The molecule has 3 N–H and O–H groups in total. The molecule has 0 radical (unpaired) electrons. The van der Waals surface area contributed by atoms with Crippen molar-refractivity contribution in [2.75, 3.05) is 6.61 Å². The molecule has 0 fully saturated rings. The highest BCUT2D eigenvalue weighted by atomic mass is 32.2. The maximum atomic E-state index is 9.04. The van der Waals surface area contributed by atoms with Crippen molar-refractivity contribution in [3.05, 3.63) is 18.5 Å². The van der Waals surface area contributed by atoms with Crippen LogP contribution >= 0.6 is 11.8 Å². The van der Waals surface area contributed by atoms with Crippen LogP contribution in [-0.2, 0) is 0 Å². The number of hydrogen-bond acceptors (Lipinski definition) is 5. The number of hydrogen-bond donors (Lipinski definition) is 2. The van der Waals surface area contributed by atoms with Crippen LogP contribution in [0.3, 0.4) is 0 Å². The summed E-state index contributed by atoms with van der Waals surface area (Å²) < 4.78 is 0. The van der Waals surface area contributed by atoms with Crippen molar-refractivity contribution in [1.29, 1.82) is 0 Å². The Balaban J connectivity index is 2.46. The number of aromatic nitrogens is 2. The van der Waals surface area contributed by atoms with Gasteiger partial charge in [-0.3, -0.25) is 0 Å². The van der Waals surface area contributed by atoms with Crippen LogP contribution in [0.5, 0.6) is 0 Å². The van der Waals surface area contributed by atoms with Crippen molar-refractivity contribution in [1.82, 2.24) is 9.97 Å². The summed E-state index contributed by atoms with van der Waals surface area (Å²) in [6, 6.07) is 1.79. The fraction of sp³-hybridized carbons (Fsp3) is 0.600. The van der Waals surface area contributed by atoms with Gasteiger partial charge in [0.25, 0.3) is 0 Å². The van der Waals surface area contributed by atoms with Crippen molar-refractivity contribution in [3.63, 3.8) is 0 Å². The third-order valence-electron chi connectivity index (χ3n) is 1.96. The van der Waals surface area contributed by atoms with E-state index in [0.717, 1.165) is 11.6 Å². The fourth-order valence-corrected chi connectivity index (χ4v) is 2.36. The van der Waals surface area contributed by atoms with E-state index in [4.69, 9.17) is 10.8 Å². The monoisotopic (exact) mass is 227 g/mol. The Morgan fingerprint density at radius 1 is 1.53 bits per heavy atom. The second kappa shape index (κ2) is 5.44. The highest BCUT2D eigenvalue weighted by molar-refractivity contribution is 7.99. The van der Waals surface area contributed by atoms with E-state index in [1.54, 1.807) is 30.2 Å². The molecule has 0 saturated heterocycles. The SMILES string of the molecule is CC(CC(C)(N)CO)Sc1ncccn1. The Labute approximate surface area is 94.3 Å². The number of aliphatic hydroxyl groups excluding tert-OH is 1. The lowest BCUT2D eigenvalue weighted by Crippen LogP contribution is -2.42. The number of nitrogens with zero attached hydrogens (tertiary/aromatic N) is 2. The normalized spacial score (nSPS) is 17.1. The number of rotatable bonds is 5. The first-order chi connectivity index (χ1) is 7.03. The van der Waals surface area contributed by atoms with Gasteiger partial charge in [-0.05, 0) is 19.4 Å². The second-order valence-electron chi connectivity index (χ2n) is 3.98. The fourth-order valence-electron chi connectivity index (χ4n) is 1.29. The van der Waals surface area contributed by atoms with Crippen LogP contribution in [0.1, 0.15) is 20.3 Å². The summed E-state index contributed by atoms with van der Waals surface area (Å²) in [5.41, 5.74) is 5.34. The summed E-state index contributed by atoms with van der Waals surface area (Å²) in [6.07, 6.45) is 4.16. The van der Waals surface area contributed by atoms with Crippen LogP contribution in [0.4, 0.5) is 0 Å². The van der Waals surface area contributed by atoms with E-state index in [1.807, 2.05) is 6.92 Å². The molecule has 1 heterocycles. The maximum Gasteiger partial charge on any atom is 0.187 e. The lowest BCUT2D eigenvalue weighted by molar-refractivity contribution is 0.201. The van der Waals surface area contributed by atoms with E-state index < -0.39 is 5.54 Å². The third-order valence-corrected chi connectivity index (χ3v) is 2.95. The van der Waals surface area contributed by atoms with Crippen molar-refractivity contribution in [2.24, 2.45) is 5.73 Å². The van der Waals surface area contributed by atoms with E-state index in [2.05, 4.69) is 16.9 Å². The molecule has 2 unspecified atom stereocenters. The molecule has 0 saturated carbocycles. The van der Waals surface area contributed by atoms with Crippen LogP contribution < -0.4 is 5.73 Å². The van der Waals surface area contributed by atoms with E-state index in [0.29, 0.717) is 0 Å². The van der Waals surface area contributed by atoms with E-state index in [1.165, 1.54) is 0 Å². The lowest BCUT2D eigenvalue weighted by Gasteiger charge is -2.24. The summed E-state index contributed by atoms with van der Waals surface area (Å²) in [6.45, 7) is 3.89. The van der Waals surface area contributed by atoms with E-state index in [9.17, 15) is 0 Å². The molecule has 0 aliphatic carbocycles. The summed E-state index contributed by atoms with van der Waals surface area (Å²) in [5.74, 6) is 0. The standard InChI is InChI=1S/C10H17N3OS/c1-8(6-10(2,11)7-14)15-9-12-4-3-5-13-9/h3-5,8,14H,6-7,11H2,1-2H3. The van der Waals surface area contributed by atoms with Crippen molar-refractivity contribution < 1.29 is 5.11 Å². The minimum atomic E-state index is -0.527. The smallest absolute Gasteiger partial charge is 0.187 e. The van der Waals surface area contributed by atoms with Crippen LogP contribution in [-0.4, -0.2) is 32.5 Å². The van der Waals surface area contributed by atoms with E-state index >= 15 is 0 Å². The molecule has 0 spiro atoms. The molecule has 0 bridgehead atoms. The van der Waals surface area contributed by atoms with Gasteiger partial charge in [-0.25, -0.2) is 9.97 Å². The minimum Gasteiger partial charge on any atom is -0.394 e. The molecule has 4 nitrogen and oxygen atoms in total. The van der Waals surface area contributed by atoms with Gasteiger partial charge >= 0.3 is 0 Å². The number of aliphatic hydroxyl groups is 1. The largest absolute Gasteiger partial charge is 0.394 e. The molecule has 2 atom stereocenters. The minimum absolute atomic E-state index is 0.00640. The molecular formula is C10H17N3OS. The van der Waals surface area contributed by atoms with Gasteiger partial charge in [0.2, 0.25) is 0 Å². The van der Waals surface area contributed by atoms with Crippen LogP contribution in [0.25, 0.3) is 0 Å². The first-order valence-corrected chi connectivity index (χ1v) is 5.75. The van der Waals surface area contributed by atoms with Gasteiger partial charge in [-0.2, -0.15) is 0 Å². The molecule has 0 aromatic carbocycles. The number of thioether (sulfide) groups is 1. The average Bonchev–Trinajstić information content (AvgIpc) is 2.18. The molecule has 0 aliphatic heterocycles. The van der Waals surface area contributed by atoms with Crippen LogP contribution in [0.2, 0.25) is 0 Å². The topological polar surface area (TPSA) is 72.0 Å². The van der Waals surface area contributed by atoms with E-state index in [-0.39, 0.29) is 11.9 Å². The third kappa shape index (κ3) is 4.59. The van der Waals surface area contributed by atoms with Crippen LogP contribution in [0.15, 0.2) is 23.6 Å². The zero-order valence-electron chi connectivity index (χ0n) is 9.05. The predicted octanol–water partition coefficient (Wildman–Crippen LogP) is 1.06. The quantitative estimate of drug-likeness (QED) is 0.581. The Morgan fingerprint density at radius 3 is 2.67 bits per heavy atom. The Hall–Kier alpha value is -0.650. The van der Waals surface area contributed by atoms with Crippen LogP contribution in [0, 0.1) is 0 Å². The van der Waals surface area contributed by atoms with Gasteiger partial charge in [0.05, 0.1) is 6.61 Å². The van der Waals surface area contributed by atoms with Gasteiger partial charge in [0.1, 0.15) is 0 Å². The lowest BCUT2D eigenvalue weighted by atomic mass is 9.99. The Morgan fingerprint density at radius 2 is 2.13 bits per heavy atom. The zero-order valence-corrected chi connectivity index (χ0v) is 9.87. The average molecular weight is 227 g/mol. The summed E-state index contributed by atoms with van der Waals surface area (Å²) >= 11 is 1.57. The van der Waals surface area contributed by atoms with Gasteiger partial charge in [0.15, 0.2) is 5.16 Å².